The number of hydrogen-bond acceptors (Lipinski definition) is 6. The van der Waals surface area contributed by atoms with Crippen molar-refractivity contribution < 1.29 is 19.7 Å². The van der Waals surface area contributed by atoms with E-state index in [4.69, 9.17) is 20.9 Å². The van der Waals surface area contributed by atoms with E-state index in [1.54, 1.807) is 0 Å². The topological polar surface area (TPSA) is 111 Å². The number of aliphatic hydroxyl groups excluding tert-OH is 2. The van der Waals surface area contributed by atoms with Gasteiger partial charge in [0.15, 0.2) is 0 Å². The molecule has 2 aliphatic heterocycles. The minimum absolute atomic E-state index is 0.0866. The summed E-state index contributed by atoms with van der Waals surface area (Å²) in [6.07, 6.45) is 0.246. The first-order chi connectivity index (χ1) is 19.3. The van der Waals surface area contributed by atoms with Crippen LogP contribution in [0.5, 0.6) is 11.5 Å². The SMILES string of the molecule is Nc1cc(Br)cc2c1OCC(O)CC2c1ccccc1.Nc1cc(Br)cc2c1OCCC(O)C2c1ccccc1. The lowest BCUT2D eigenvalue weighted by molar-refractivity contribution is 0.105. The highest BCUT2D eigenvalue weighted by molar-refractivity contribution is 9.10. The summed E-state index contributed by atoms with van der Waals surface area (Å²) in [5.74, 6) is 1.36. The zero-order valence-corrected chi connectivity index (χ0v) is 25.0. The maximum Gasteiger partial charge on any atom is 0.146 e. The largest absolute Gasteiger partial charge is 0.491 e. The summed E-state index contributed by atoms with van der Waals surface area (Å²) >= 11 is 6.95. The van der Waals surface area contributed by atoms with E-state index in [1.165, 1.54) is 0 Å². The fourth-order valence-electron chi connectivity index (χ4n) is 5.46. The van der Waals surface area contributed by atoms with E-state index in [9.17, 15) is 10.2 Å². The molecule has 0 spiro atoms. The Morgan fingerprint density at radius 2 is 1.25 bits per heavy atom. The first kappa shape index (κ1) is 28.5. The third-order valence-corrected chi connectivity index (χ3v) is 8.18. The molecule has 6 rings (SSSR count). The van der Waals surface area contributed by atoms with Crippen molar-refractivity contribution >= 4 is 43.2 Å². The van der Waals surface area contributed by atoms with Crippen LogP contribution in [0.25, 0.3) is 0 Å². The molecule has 0 saturated carbocycles. The predicted octanol–water partition coefficient (Wildman–Crippen LogP) is 6.61. The quantitative estimate of drug-likeness (QED) is 0.179. The van der Waals surface area contributed by atoms with Crippen LogP contribution in [0.2, 0.25) is 0 Å². The molecular weight excluding hydrogens is 636 g/mol. The van der Waals surface area contributed by atoms with Gasteiger partial charge in [-0.15, -0.1) is 0 Å². The highest BCUT2D eigenvalue weighted by atomic mass is 79.9. The van der Waals surface area contributed by atoms with Gasteiger partial charge >= 0.3 is 0 Å². The van der Waals surface area contributed by atoms with Crippen LogP contribution in [-0.4, -0.2) is 35.6 Å². The van der Waals surface area contributed by atoms with Crippen LogP contribution in [0.4, 0.5) is 11.4 Å². The van der Waals surface area contributed by atoms with Crippen molar-refractivity contribution in [3.05, 3.63) is 116 Å². The summed E-state index contributed by atoms with van der Waals surface area (Å²) in [6.45, 7) is 0.755. The Morgan fingerprint density at radius 3 is 1.88 bits per heavy atom. The number of ether oxygens (including phenoxy) is 2. The van der Waals surface area contributed by atoms with E-state index in [1.807, 2.05) is 72.8 Å². The maximum absolute atomic E-state index is 10.5. The van der Waals surface area contributed by atoms with Gasteiger partial charge in [0.05, 0.1) is 30.2 Å². The van der Waals surface area contributed by atoms with Crippen molar-refractivity contribution in [1.82, 2.24) is 0 Å². The number of nitrogens with two attached hydrogens (primary N) is 2. The average Bonchev–Trinajstić information content (AvgIpc) is 3.21. The summed E-state index contributed by atoms with van der Waals surface area (Å²) in [5.41, 5.74) is 17.5. The van der Waals surface area contributed by atoms with Gasteiger partial charge in [0.25, 0.3) is 0 Å². The van der Waals surface area contributed by atoms with Crippen LogP contribution in [0.15, 0.2) is 93.9 Å². The number of benzene rings is 4. The molecule has 0 saturated heterocycles. The summed E-state index contributed by atoms with van der Waals surface area (Å²) in [6, 6.07) is 27.8. The van der Waals surface area contributed by atoms with Gasteiger partial charge in [-0.1, -0.05) is 92.5 Å². The highest BCUT2D eigenvalue weighted by Crippen LogP contribution is 2.44. The normalized spacial score (nSPS) is 21.7. The van der Waals surface area contributed by atoms with Gasteiger partial charge in [-0.25, -0.2) is 0 Å². The molecule has 0 bridgehead atoms. The monoisotopic (exact) mass is 666 g/mol. The fraction of sp³-hybridized carbons (Fsp3) is 0.250. The fourth-order valence-corrected chi connectivity index (χ4v) is 6.45. The van der Waals surface area contributed by atoms with Crippen LogP contribution in [0.3, 0.4) is 0 Å². The molecule has 4 atom stereocenters. The van der Waals surface area contributed by atoms with Crippen molar-refractivity contribution in [2.75, 3.05) is 24.7 Å². The van der Waals surface area contributed by atoms with E-state index >= 15 is 0 Å². The molecule has 4 unspecified atom stereocenters. The van der Waals surface area contributed by atoms with Gasteiger partial charge in [0.2, 0.25) is 0 Å². The molecule has 40 heavy (non-hydrogen) atoms. The molecule has 2 heterocycles. The third kappa shape index (κ3) is 6.31. The van der Waals surface area contributed by atoms with Gasteiger partial charge in [-0.3, -0.25) is 0 Å². The minimum Gasteiger partial charge on any atom is -0.491 e. The van der Waals surface area contributed by atoms with Gasteiger partial charge in [-0.2, -0.15) is 0 Å². The summed E-state index contributed by atoms with van der Waals surface area (Å²) in [4.78, 5) is 0. The molecule has 208 valence electrons. The van der Waals surface area contributed by atoms with Crippen LogP contribution in [0, 0.1) is 0 Å². The van der Waals surface area contributed by atoms with E-state index in [0.717, 1.165) is 31.2 Å². The molecule has 0 fully saturated rings. The lowest BCUT2D eigenvalue weighted by Crippen LogP contribution is -2.19. The number of hydrogen-bond donors (Lipinski definition) is 4. The Kier molecular flexibility index (Phi) is 9.00. The second kappa shape index (κ2) is 12.6. The minimum atomic E-state index is -0.495. The molecule has 8 heteroatoms. The van der Waals surface area contributed by atoms with Crippen LogP contribution >= 0.6 is 31.9 Å². The summed E-state index contributed by atoms with van der Waals surface area (Å²) in [7, 11) is 0. The number of halogens is 2. The molecule has 0 radical (unpaired) electrons. The highest BCUT2D eigenvalue weighted by Gasteiger charge is 2.30. The van der Waals surface area contributed by atoms with Gasteiger partial charge in [0, 0.05) is 38.3 Å². The Hall–Kier alpha value is -3.04. The smallest absolute Gasteiger partial charge is 0.146 e. The van der Waals surface area contributed by atoms with Crippen molar-refractivity contribution in [3.63, 3.8) is 0 Å². The number of aliphatic hydroxyl groups is 2. The molecule has 0 aliphatic carbocycles. The number of rotatable bonds is 2. The molecule has 0 aromatic heterocycles. The molecule has 0 amide bonds. The predicted molar refractivity (Wildman–Crippen MR) is 166 cm³/mol. The second-order valence-electron chi connectivity index (χ2n) is 10.1. The van der Waals surface area contributed by atoms with Crippen LogP contribution in [0.1, 0.15) is 46.9 Å². The maximum atomic E-state index is 10.5. The molecule has 4 aromatic rings. The van der Waals surface area contributed by atoms with Crippen LogP contribution in [-0.2, 0) is 0 Å². The number of anilines is 2. The lowest BCUT2D eigenvalue weighted by atomic mass is 9.85. The molecular formula is C32H32Br2N2O4. The van der Waals surface area contributed by atoms with E-state index < -0.39 is 12.2 Å². The van der Waals surface area contributed by atoms with E-state index in [2.05, 4.69) is 44.0 Å². The van der Waals surface area contributed by atoms with E-state index in [0.29, 0.717) is 42.3 Å². The molecule has 2 aliphatic rings. The average molecular weight is 668 g/mol. The van der Waals surface area contributed by atoms with Gasteiger partial charge in [-0.05, 0) is 41.8 Å². The second-order valence-corrected chi connectivity index (χ2v) is 11.9. The summed E-state index contributed by atoms with van der Waals surface area (Å²) in [5, 5.41) is 20.6. The molecule has 4 aromatic carbocycles. The Bertz CT molecular complexity index is 1450. The lowest BCUT2D eigenvalue weighted by Gasteiger charge is -2.22. The van der Waals surface area contributed by atoms with Gasteiger partial charge in [0.1, 0.15) is 18.1 Å². The van der Waals surface area contributed by atoms with Crippen molar-refractivity contribution in [2.45, 2.75) is 36.9 Å². The Balaban J connectivity index is 0.000000161. The third-order valence-electron chi connectivity index (χ3n) is 7.27. The van der Waals surface area contributed by atoms with E-state index in [-0.39, 0.29) is 18.4 Å². The van der Waals surface area contributed by atoms with Crippen molar-refractivity contribution in [3.8, 4) is 11.5 Å². The first-order valence-corrected chi connectivity index (χ1v) is 14.8. The standard InChI is InChI=1S/2C16H16BrNO2/c17-11-6-14-13(10-4-2-1-3-5-10)8-12(19)9-20-16(14)15(18)7-11;17-11-8-12-15(10-4-2-1-3-5-10)14(19)6-7-20-16(12)13(18)9-11/h1-7,12-13,19H,8-9,18H2;1-5,8-9,14-15,19H,6-7,18H2. The zero-order valence-electron chi connectivity index (χ0n) is 21.8. The Morgan fingerprint density at radius 1 is 0.700 bits per heavy atom. The van der Waals surface area contributed by atoms with Gasteiger partial charge < -0.3 is 31.2 Å². The Labute approximate surface area is 251 Å². The van der Waals surface area contributed by atoms with Crippen LogP contribution < -0.4 is 20.9 Å². The number of fused-ring (bicyclic) bond motifs is 2. The summed E-state index contributed by atoms with van der Waals surface area (Å²) < 4.78 is 13.3. The van der Waals surface area contributed by atoms with Crippen molar-refractivity contribution in [2.24, 2.45) is 0 Å². The number of nitrogen functional groups attached to an aromatic ring is 2. The van der Waals surface area contributed by atoms with Crippen molar-refractivity contribution in [1.29, 1.82) is 0 Å². The first-order valence-electron chi connectivity index (χ1n) is 13.2. The molecule has 6 nitrogen and oxygen atoms in total. The zero-order chi connectivity index (χ0) is 28.2. The molecule has 6 N–H and O–H groups in total.